The Kier molecular flexibility index (Phi) is 11.3. The Morgan fingerprint density at radius 3 is 2.19 bits per heavy atom. The quantitative estimate of drug-likeness (QED) is 0.615. The molecule has 0 aliphatic rings. The Morgan fingerprint density at radius 1 is 1.11 bits per heavy atom. The molecule has 0 unspecified atom stereocenters. The van der Waals surface area contributed by atoms with Gasteiger partial charge in [0.1, 0.15) is 5.52 Å². The number of halogens is 1. The number of carbonyl (C=O) groups is 1. The highest BCUT2D eigenvalue weighted by molar-refractivity contribution is 5.94. The van der Waals surface area contributed by atoms with Crippen LogP contribution in [0.2, 0.25) is 0 Å². The van der Waals surface area contributed by atoms with Crippen LogP contribution in [0.4, 0.5) is 15.8 Å². The molecule has 0 aliphatic carbocycles. The first-order valence-corrected chi connectivity index (χ1v) is 8.97. The average Bonchev–Trinajstić information content (AvgIpc) is 3.11. The predicted octanol–water partition coefficient (Wildman–Crippen LogP) is 5.24. The number of carbonyl (C=O) groups excluding carboxylic acids is 1. The molecule has 0 atom stereocenters. The first-order chi connectivity index (χ1) is 13.1. The van der Waals surface area contributed by atoms with Crippen LogP contribution in [0.3, 0.4) is 0 Å². The maximum absolute atomic E-state index is 14.6. The van der Waals surface area contributed by atoms with E-state index in [0.717, 1.165) is 18.4 Å². The molecule has 0 amide bonds. The third-order valence-corrected chi connectivity index (χ3v) is 3.44. The maximum atomic E-state index is 14.6. The molecule has 0 bridgehead atoms. The van der Waals surface area contributed by atoms with Gasteiger partial charge < -0.3 is 15.0 Å². The van der Waals surface area contributed by atoms with Crippen LogP contribution >= 0.6 is 0 Å². The largest absolute Gasteiger partial charge is 0.400 e. The van der Waals surface area contributed by atoms with Crippen LogP contribution in [0.25, 0.3) is 11.0 Å². The molecule has 3 aromatic rings. The number of imidazole rings is 1. The highest BCUT2D eigenvalue weighted by Gasteiger charge is 2.16. The number of aryl methyl sites for hydroxylation is 2. The lowest BCUT2D eigenvalue weighted by Crippen LogP contribution is -2.00. The van der Waals surface area contributed by atoms with E-state index < -0.39 is 5.82 Å². The molecular weight excluding hydrogens is 345 g/mol. The molecule has 2 aromatic carbocycles. The lowest BCUT2D eigenvalue weighted by molar-refractivity contribution is 0.112. The smallest absolute Gasteiger partial charge is 0.175 e. The van der Waals surface area contributed by atoms with E-state index >= 15 is 0 Å². The van der Waals surface area contributed by atoms with E-state index in [1.165, 1.54) is 6.33 Å². The number of nitrogens with one attached hydrogen (secondary N) is 1. The third kappa shape index (κ3) is 5.89. The van der Waals surface area contributed by atoms with Gasteiger partial charge in [-0.25, -0.2) is 9.37 Å². The molecule has 2 N–H and O–H groups in total. The number of aliphatic hydroxyl groups is 1. The van der Waals surface area contributed by atoms with Crippen molar-refractivity contribution in [3.05, 3.63) is 53.6 Å². The van der Waals surface area contributed by atoms with Crippen molar-refractivity contribution in [2.45, 2.75) is 34.6 Å². The molecule has 0 radical (unpaired) electrons. The van der Waals surface area contributed by atoms with Gasteiger partial charge in [0.05, 0.1) is 17.5 Å². The second kappa shape index (κ2) is 12.6. The highest BCUT2D eigenvalue weighted by atomic mass is 19.1. The summed E-state index contributed by atoms with van der Waals surface area (Å²) >= 11 is 0. The van der Waals surface area contributed by atoms with Gasteiger partial charge in [-0.1, -0.05) is 45.4 Å². The summed E-state index contributed by atoms with van der Waals surface area (Å²) in [5.74, 6) is -0.518. The van der Waals surface area contributed by atoms with E-state index in [1.54, 1.807) is 17.7 Å². The molecule has 6 heteroatoms. The van der Waals surface area contributed by atoms with Crippen molar-refractivity contribution in [2.75, 3.05) is 12.4 Å². The number of hydrogen-bond donors (Lipinski definition) is 2. The van der Waals surface area contributed by atoms with Gasteiger partial charge in [0, 0.05) is 25.4 Å². The summed E-state index contributed by atoms with van der Waals surface area (Å²) in [6.45, 7) is 9.97. The number of fused-ring (bicyclic) bond motifs is 1. The molecule has 0 aliphatic heterocycles. The molecule has 27 heavy (non-hydrogen) atoms. The zero-order valence-corrected chi connectivity index (χ0v) is 17.2. The number of rotatable bonds is 3. The summed E-state index contributed by atoms with van der Waals surface area (Å²) < 4.78 is 16.3. The summed E-state index contributed by atoms with van der Waals surface area (Å²) in [4.78, 5) is 15.3. The molecule has 1 heterocycles. The van der Waals surface area contributed by atoms with Gasteiger partial charge in [0.25, 0.3) is 0 Å². The Morgan fingerprint density at radius 2 is 1.67 bits per heavy atom. The monoisotopic (exact) mass is 375 g/mol. The molecule has 148 valence electrons. The molecule has 0 saturated carbocycles. The minimum atomic E-state index is -0.518. The summed E-state index contributed by atoms with van der Waals surface area (Å²) in [6, 6.07) is 9.15. The second-order valence-corrected chi connectivity index (χ2v) is 4.99. The minimum absolute atomic E-state index is 0.153. The van der Waals surface area contributed by atoms with Gasteiger partial charge in [-0.15, -0.1) is 0 Å². The van der Waals surface area contributed by atoms with Gasteiger partial charge in [0.2, 0.25) is 0 Å². The number of hydrogen-bond acceptors (Lipinski definition) is 4. The first-order valence-electron chi connectivity index (χ1n) is 8.97. The molecule has 1 aromatic heterocycles. The van der Waals surface area contributed by atoms with Crippen molar-refractivity contribution >= 4 is 28.7 Å². The Labute approximate surface area is 160 Å². The van der Waals surface area contributed by atoms with Crippen molar-refractivity contribution < 1.29 is 14.3 Å². The molecule has 0 spiro atoms. The summed E-state index contributed by atoms with van der Waals surface area (Å²) in [7, 11) is 2.76. The van der Waals surface area contributed by atoms with Crippen molar-refractivity contribution in [3.8, 4) is 0 Å². The zero-order chi connectivity index (χ0) is 21.0. The number of aldehydes is 1. The van der Waals surface area contributed by atoms with Crippen LogP contribution < -0.4 is 5.32 Å². The van der Waals surface area contributed by atoms with Gasteiger partial charge in [-0.3, -0.25) is 4.79 Å². The van der Waals surface area contributed by atoms with Crippen LogP contribution in [0.15, 0.2) is 36.7 Å². The van der Waals surface area contributed by atoms with Gasteiger partial charge in [-0.05, 0) is 25.1 Å². The SMILES string of the molecule is CC.CC.CO.Cc1ccc(Nc2c(C=O)cc3c(ncn3C)c2F)cc1. The lowest BCUT2D eigenvalue weighted by atomic mass is 10.1. The number of benzene rings is 2. The molecule has 0 fully saturated rings. The maximum Gasteiger partial charge on any atom is 0.175 e. The van der Waals surface area contributed by atoms with E-state index in [-0.39, 0.29) is 16.8 Å². The highest BCUT2D eigenvalue weighted by Crippen LogP contribution is 2.29. The summed E-state index contributed by atoms with van der Waals surface area (Å²) in [5, 5.41) is 9.96. The fourth-order valence-corrected chi connectivity index (χ4v) is 2.24. The van der Waals surface area contributed by atoms with Crippen molar-refractivity contribution in [1.29, 1.82) is 0 Å². The molecule has 0 saturated heterocycles. The third-order valence-electron chi connectivity index (χ3n) is 3.44. The van der Waals surface area contributed by atoms with Crippen LogP contribution in [0.5, 0.6) is 0 Å². The van der Waals surface area contributed by atoms with Gasteiger partial charge >= 0.3 is 0 Å². The standard InChI is InChI=1S/C16H14FN3O.2C2H6.CH4O/c1-10-3-5-12(6-4-10)19-15-11(8-21)7-13-16(14(15)17)18-9-20(13)2;3*1-2/h3-9,19H,1-2H3;2*1-2H3;2H,1H3. The van der Waals surface area contributed by atoms with Crippen molar-refractivity contribution in [3.63, 3.8) is 0 Å². The van der Waals surface area contributed by atoms with Crippen LogP contribution in [-0.2, 0) is 7.05 Å². The Bertz CT molecular complexity index is 828. The number of aromatic nitrogens is 2. The fraction of sp³-hybridized carbons (Fsp3) is 0.333. The van der Waals surface area contributed by atoms with Crippen LogP contribution in [-0.4, -0.2) is 28.1 Å². The van der Waals surface area contributed by atoms with E-state index in [9.17, 15) is 9.18 Å². The Balaban J connectivity index is 0.00000103. The van der Waals surface area contributed by atoms with E-state index in [1.807, 2.05) is 58.9 Å². The average molecular weight is 375 g/mol. The lowest BCUT2D eigenvalue weighted by Gasteiger charge is -2.11. The number of anilines is 2. The zero-order valence-electron chi connectivity index (χ0n) is 17.2. The van der Waals surface area contributed by atoms with Gasteiger partial charge in [-0.2, -0.15) is 0 Å². The first kappa shape index (κ1) is 24.3. The minimum Gasteiger partial charge on any atom is -0.400 e. The van der Waals surface area contributed by atoms with E-state index in [4.69, 9.17) is 5.11 Å². The van der Waals surface area contributed by atoms with Crippen molar-refractivity contribution in [1.82, 2.24) is 9.55 Å². The second-order valence-electron chi connectivity index (χ2n) is 4.99. The topological polar surface area (TPSA) is 67.2 Å². The predicted molar refractivity (Wildman–Crippen MR) is 111 cm³/mol. The number of nitrogens with zero attached hydrogens (tertiary/aromatic N) is 2. The van der Waals surface area contributed by atoms with E-state index in [2.05, 4.69) is 10.3 Å². The normalized spacial score (nSPS) is 9.07. The molecule has 3 rings (SSSR count). The van der Waals surface area contributed by atoms with Crippen molar-refractivity contribution in [2.24, 2.45) is 7.05 Å². The molecular formula is C21H30FN3O2. The van der Waals surface area contributed by atoms with E-state index in [0.29, 0.717) is 11.8 Å². The van der Waals surface area contributed by atoms with Crippen LogP contribution in [0.1, 0.15) is 43.6 Å². The van der Waals surface area contributed by atoms with Crippen LogP contribution in [0, 0.1) is 12.7 Å². The summed E-state index contributed by atoms with van der Waals surface area (Å²) in [6.07, 6.45) is 2.17. The fourth-order valence-electron chi connectivity index (χ4n) is 2.24. The van der Waals surface area contributed by atoms with Gasteiger partial charge in [0.15, 0.2) is 12.1 Å². The number of aliphatic hydroxyl groups excluding tert-OH is 1. The Hall–Kier alpha value is -2.73. The molecule has 5 nitrogen and oxygen atoms in total. The summed E-state index contributed by atoms with van der Waals surface area (Å²) in [5.41, 5.74) is 3.08.